The number of hydrogen-bond acceptors (Lipinski definition) is 2. The van der Waals surface area contributed by atoms with Gasteiger partial charge in [-0.15, -0.1) is 24.0 Å². The van der Waals surface area contributed by atoms with Crippen molar-refractivity contribution in [1.29, 1.82) is 0 Å². The Labute approximate surface area is 171 Å². The van der Waals surface area contributed by atoms with E-state index < -0.39 is 0 Å². The highest BCUT2D eigenvalue weighted by atomic mass is 127. The van der Waals surface area contributed by atoms with Crippen molar-refractivity contribution in [3.63, 3.8) is 0 Å². The maximum absolute atomic E-state index is 14.5. The van der Waals surface area contributed by atoms with E-state index in [1.54, 1.807) is 12.1 Å². The van der Waals surface area contributed by atoms with Crippen LogP contribution < -0.4 is 10.6 Å². The molecule has 1 saturated carbocycles. The van der Waals surface area contributed by atoms with Crippen molar-refractivity contribution in [2.45, 2.75) is 44.7 Å². The predicted octanol–water partition coefficient (Wildman–Crippen LogP) is 3.95. The Hall–Kier alpha value is -0.600. The van der Waals surface area contributed by atoms with Crippen LogP contribution in [0.4, 0.5) is 4.39 Å². The first-order valence-electron chi connectivity index (χ1n) is 8.92. The summed E-state index contributed by atoms with van der Waals surface area (Å²) < 4.78 is 14.5. The van der Waals surface area contributed by atoms with Crippen LogP contribution in [0.3, 0.4) is 0 Å². The Balaban J connectivity index is 0.00000225. The summed E-state index contributed by atoms with van der Waals surface area (Å²) in [5, 5.41) is 7.17. The van der Waals surface area contributed by atoms with Crippen molar-refractivity contribution in [3.8, 4) is 0 Å². The second-order valence-corrected chi connectivity index (χ2v) is 6.94. The fourth-order valence-electron chi connectivity index (χ4n) is 3.19. The van der Waals surface area contributed by atoms with Crippen LogP contribution in [0.25, 0.3) is 0 Å². The van der Waals surface area contributed by atoms with Crippen LogP contribution in [-0.2, 0) is 0 Å². The summed E-state index contributed by atoms with van der Waals surface area (Å²) >= 11 is 6.33. The van der Waals surface area contributed by atoms with E-state index in [4.69, 9.17) is 16.6 Å². The number of likely N-dealkylation sites (tertiary alicyclic amines) is 1. The number of guanidine groups is 1. The van der Waals surface area contributed by atoms with E-state index >= 15 is 0 Å². The monoisotopic (exact) mass is 480 g/mol. The minimum Gasteiger partial charge on any atom is -0.357 e. The van der Waals surface area contributed by atoms with Gasteiger partial charge in [-0.3, -0.25) is 9.89 Å². The first-order chi connectivity index (χ1) is 11.7. The van der Waals surface area contributed by atoms with E-state index in [0.29, 0.717) is 23.2 Å². The molecule has 3 rings (SSSR count). The zero-order chi connectivity index (χ0) is 16.9. The SMILES string of the molecule is CCNC(=NCC(c1c(F)cccc1Cl)N1CCCC1)NC1CC1.I. The minimum absolute atomic E-state index is 0. The number of benzene rings is 1. The van der Waals surface area contributed by atoms with Gasteiger partial charge in [0.1, 0.15) is 5.82 Å². The number of nitrogens with one attached hydrogen (secondary N) is 2. The normalized spacial score (nSPS) is 19.4. The van der Waals surface area contributed by atoms with Crippen LogP contribution >= 0.6 is 35.6 Å². The molecular formula is C18H27ClFIN4. The van der Waals surface area contributed by atoms with E-state index in [2.05, 4.69) is 22.5 Å². The fourth-order valence-corrected chi connectivity index (χ4v) is 3.48. The molecule has 0 bridgehead atoms. The van der Waals surface area contributed by atoms with Crippen LogP contribution in [0.1, 0.15) is 44.2 Å². The maximum Gasteiger partial charge on any atom is 0.191 e. The smallest absolute Gasteiger partial charge is 0.191 e. The van der Waals surface area contributed by atoms with Crippen molar-refractivity contribution in [1.82, 2.24) is 15.5 Å². The third kappa shape index (κ3) is 5.69. The second kappa shape index (κ2) is 9.92. The molecule has 1 unspecified atom stereocenters. The lowest BCUT2D eigenvalue weighted by atomic mass is 10.0. The second-order valence-electron chi connectivity index (χ2n) is 6.53. The molecule has 0 spiro atoms. The molecule has 0 aromatic heterocycles. The molecule has 25 heavy (non-hydrogen) atoms. The third-order valence-electron chi connectivity index (χ3n) is 4.60. The lowest BCUT2D eigenvalue weighted by Gasteiger charge is -2.28. The summed E-state index contributed by atoms with van der Waals surface area (Å²) in [4.78, 5) is 7.02. The molecule has 1 atom stereocenters. The molecule has 1 aliphatic heterocycles. The molecule has 2 aliphatic rings. The summed E-state index contributed by atoms with van der Waals surface area (Å²) in [7, 11) is 0. The van der Waals surface area contributed by atoms with Gasteiger partial charge in [-0.2, -0.15) is 0 Å². The summed E-state index contributed by atoms with van der Waals surface area (Å²) in [6.07, 6.45) is 4.68. The first-order valence-corrected chi connectivity index (χ1v) is 9.29. The molecule has 1 aromatic carbocycles. The number of aliphatic imine (C=N–C) groups is 1. The summed E-state index contributed by atoms with van der Waals surface area (Å²) in [6, 6.07) is 5.33. The number of nitrogens with zero attached hydrogens (tertiary/aromatic N) is 2. The van der Waals surface area contributed by atoms with Crippen molar-refractivity contribution >= 4 is 41.5 Å². The van der Waals surface area contributed by atoms with Crippen molar-refractivity contribution in [2.24, 2.45) is 4.99 Å². The molecule has 0 amide bonds. The molecular weight excluding hydrogens is 454 g/mol. The van der Waals surface area contributed by atoms with Gasteiger partial charge in [0.2, 0.25) is 0 Å². The number of hydrogen-bond donors (Lipinski definition) is 2. The molecule has 7 heteroatoms. The third-order valence-corrected chi connectivity index (χ3v) is 4.93. The molecule has 1 aromatic rings. The van der Waals surface area contributed by atoms with Gasteiger partial charge in [0.15, 0.2) is 5.96 Å². The quantitative estimate of drug-likeness (QED) is 0.368. The van der Waals surface area contributed by atoms with Gasteiger partial charge in [0.25, 0.3) is 0 Å². The van der Waals surface area contributed by atoms with E-state index in [1.807, 2.05) is 0 Å². The Bertz CT molecular complexity index is 568. The summed E-state index contributed by atoms with van der Waals surface area (Å²) in [5.74, 6) is 0.575. The van der Waals surface area contributed by atoms with E-state index in [9.17, 15) is 4.39 Å². The lowest BCUT2D eigenvalue weighted by molar-refractivity contribution is 0.246. The summed E-state index contributed by atoms with van der Waals surface area (Å²) in [6.45, 7) is 5.31. The van der Waals surface area contributed by atoms with Gasteiger partial charge < -0.3 is 10.6 Å². The maximum atomic E-state index is 14.5. The van der Waals surface area contributed by atoms with E-state index in [0.717, 1.165) is 38.4 Å². The van der Waals surface area contributed by atoms with Gasteiger partial charge in [-0.05, 0) is 57.8 Å². The Kier molecular flexibility index (Phi) is 8.22. The highest BCUT2D eigenvalue weighted by molar-refractivity contribution is 14.0. The van der Waals surface area contributed by atoms with E-state index in [-0.39, 0.29) is 35.8 Å². The van der Waals surface area contributed by atoms with Crippen LogP contribution in [0.2, 0.25) is 5.02 Å². The number of halogens is 3. The van der Waals surface area contributed by atoms with Crippen molar-refractivity contribution < 1.29 is 4.39 Å². The molecule has 0 radical (unpaired) electrons. The van der Waals surface area contributed by atoms with Crippen molar-refractivity contribution in [2.75, 3.05) is 26.2 Å². The molecule has 1 heterocycles. The standard InChI is InChI=1S/C18H26ClFN4.HI/c1-2-21-18(23-13-8-9-13)22-12-16(24-10-3-4-11-24)17-14(19)6-5-7-15(17)20;/h5-7,13,16H,2-4,8-12H2,1H3,(H2,21,22,23);1H. The van der Waals surface area contributed by atoms with Crippen molar-refractivity contribution in [3.05, 3.63) is 34.6 Å². The van der Waals surface area contributed by atoms with Gasteiger partial charge in [-0.1, -0.05) is 17.7 Å². The molecule has 4 nitrogen and oxygen atoms in total. The van der Waals surface area contributed by atoms with Crippen LogP contribution in [-0.4, -0.2) is 43.1 Å². The predicted molar refractivity (Wildman–Crippen MR) is 113 cm³/mol. The molecule has 2 N–H and O–H groups in total. The lowest BCUT2D eigenvalue weighted by Crippen LogP contribution is -2.39. The zero-order valence-corrected chi connectivity index (χ0v) is 17.7. The minimum atomic E-state index is -0.241. The molecule has 2 fully saturated rings. The number of rotatable bonds is 6. The van der Waals surface area contributed by atoms with Crippen LogP contribution in [0.15, 0.2) is 23.2 Å². The molecule has 1 saturated heterocycles. The van der Waals surface area contributed by atoms with Gasteiger partial charge >= 0.3 is 0 Å². The Morgan fingerprint density at radius 2 is 2.08 bits per heavy atom. The molecule has 1 aliphatic carbocycles. The van der Waals surface area contributed by atoms with Gasteiger partial charge in [0, 0.05) is 23.2 Å². The highest BCUT2D eigenvalue weighted by Gasteiger charge is 2.28. The average Bonchev–Trinajstić information content (AvgIpc) is 3.20. The van der Waals surface area contributed by atoms with Crippen LogP contribution in [0, 0.1) is 5.82 Å². The summed E-state index contributed by atoms with van der Waals surface area (Å²) in [5.41, 5.74) is 0.576. The average molecular weight is 481 g/mol. The zero-order valence-electron chi connectivity index (χ0n) is 14.6. The topological polar surface area (TPSA) is 39.7 Å². The Morgan fingerprint density at radius 3 is 2.68 bits per heavy atom. The van der Waals surface area contributed by atoms with Gasteiger partial charge in [0.05, 0.1) is 12.6 Å². The fraction of sp³-hybridized carbons (Fsp3) is 0.611. The van der Waals surface area contributed by atoms with Crippen LogP contribution in [0.5, 0.6) is 0 Å². The van der Waals surface area contributed by atoms with Gasteiger partial charge in [-0.25, -0.2) is 4.39 Å². The Morgan fingerprint density at radius 1 is 1.36 bits per heavy atom. The largest absolute Gasteiger partial charge is 0.357 e. The molecule has 140 valence electrons. The first kappa shape index (κ1) is 20.7. The highest BCUT2D eigenvalue weighted by Crippen LogP contribution is 2.32. The van der Waals surface area contributed by atoms with E-state index in [1.165, 1.54) is 18.9 Å².